The van der Waals surface area contributed by atoms with E-state index in [9.17, 15) is 0 Å². The maximum atomic E-state index is 5.69. The second-order valence-electron chi connectivity index (χ2n) is 5.44. The number of thiophene rings is 1. The molecule has 0 fully saturated rings. The van der Waals surface area contributed by atoms with Gasteiger partial charge in [-0.25, -0.2) is 0 Å². The van der Waals surface area contributed by atoms with Gasteiger partial charge in [-0.15, -0.1) is 11.3 Å². The van der Waals surface area contributed by atoms with E-state index >= 15 is 0 Å². The molecule has 2 aromatic rings. The lowest BCUT2D eigenvalue weighted by Gasteiger charge is -2.04. The summed E-state index contributed by atoms with van der Waals surface area (Å²) in [7, 11) is 0. The van der Waals surface area contributed by atoms with E-state index in [2.05, 4.69) is 62.4 Å². The van der Waals surface area contributed by atoms with Crippen molar-refractivity contribution in [2.24, 2.45) is 0 Å². The summed E-state index contributed by atoms with van der Waals surface area (Å²) in [6.45, 7) is 5.03. The van der Waals surface area contributed by atoms with Gasteiger partial charge in [-0.3, -0.25) is 0 Å². The van der Waals surface area contributed by atoms with Gasteiger partial charge in [-0.05, 0) is 61.2 Å². The summed E-state index contributed by atoms with van der Waals surface area (Å²) in [5, 5.41) is 0. The summed E-state index contributed by atoms with van der Waals surface area (Å²) in [5.74, 6) is 0.934. The first kappa shape index (κ1) is 16.8. The van der Waals surface area contributed by atoms with Gasteiger partial charge in [0.25, 0.3) is 0 Å². The van der Waals surface area contributed by atoms with Crippen LogP contribution in [0.1, 0.15) is 44.4 Å². The van der Waals surface area contributed by atoms with Crippen molar-refractivity contribution in [1.29, 1.82) is 0 Å². The Hall–Kier alpha value is -1.54. The number of rotatable bonds is 9. The van der Waals surface area contributed by atoms with Crippen molar-refractivity contribution in [3.8, 4) is 16.2 Å². The third kappa shape index (κ3) is 5.34. The fraction of sp³-hybridized carbons (Fsp3) is 0.400. The number of ether oxygens (including phenoxy) is 1. The zero-order chi connectivity index (χ0) is 15.6. The Morgan fingerprint density at radius 2 is 1.77 bits per heavy atom. The molecule has 0 saturated carbocycles. The molecular weight excluding hydrogens is 288 g/mol. The standard InChI is InChI=1S/C20H26OS/c1-3-5-7-9-19-14-15-20(22-19)17-10-12-18(13-11-17)21-16-8-6-4-2/h6,8,10-15H,3-5,7,9,16H2,1-2H3/b8-6+. The third-order valence-electron chi connectivity index (χ3n) is 3.58. The Morgan fingerprint density at radius 3 is 2.50 bits per heavy atom. The van der Waals surface area contributed by atoms with Gasteiger partial charge in [0.2, 0.25) is 0 Å². The van der Waals surface area contributed by atoms with Crippen LogP contribution in [0.25, 0.3) is 10.4 Å². The van der Waals surface area contributed by atoms with Crippen LogP contribution in [-0.4, -0.2) is 6.61 Å². The molecule has 0 bridgehead atoms. The number of aryl methyl sites for hydroxylation is 1. The van der Waals surface area contributed by atoms with Crippen molar-refractivity contribution in [3.63, 3.8) is 0 Å². The van der Waals surface area contributed by atoms with Gasteiger partial charge in [-0.1, -0.05) is 38.8 Å². The Morgan fingerprint density at radius 1 is 0.955 bits per heavy atom. The lowest BCUT2D eigenvalue weighted by Crippen LogP contribution is -1.92. The topological polar surface area (TPSA) is 9.23 Å². The van der Waals surface area contributed by atoms with Crippen molar-refractivity contribution in [1.82, 2.24) is 0 Å². The van der Waals surface area contributed by atoms with Crippen LogP contribution in [-0.2, 0) is 6.42 Å². The molecule has 0 saturated heterocycles. The molecule has 2 heteroatoms. The van der Waals surface area contributed by atoms with Crippen LogP contribution in [0.15, 0.2) is 48.6 Å². The zero-order valence-corrected chi connectivity index (χ0v) is 14.5. The number of benzene rings is 1. The highest BCUT2D eigenvalue weighted by Crippen LogP contribution is 2.30. The fourth-order valence-electron chi connectivity index (χ4n) is 2.31. The highest BCUT2D eigenvalue weighted by atomic mass is 32.1. The van der Waals surface area contributed by atoms with Gasteiger partial charge in [0.05, 0.1) is 0 Å². The minimum atomic E-state index is 0.647. The molecule has 0 spiro atoms. The van der Waals surface area contributed by atoms with Crippen LogP contribution in [0.5, 0.6) is 5.75 Å². The lowest BCUT2D eigenvalue weighted by atomic mass is 10.1. The van der Waals surface area contributed by atoms with Crippen LogP contribution in [0.4, 0.5) is 0 Å². The molecule has 22 heavy (non-hydrogen) atoms. The summed E-state index contributed by atoms with van der Waals surface area (Å²) in [4.78, 5) is 2.84. The summed E-state index contributed by atoms with van der Waals surface area (Å²) < 4.78 is 5.69. The Kier molecular flexibility index (Phi) is 7.24. The van der Waals surface area contributed by atoms with E-state index < -0.39 is 0 Å². The predicted molar refractivity (Wildman–Crippen MR) is 97.9 cm³/mol. The van der Waals surface area contributed by atoms with Crippen molar-refractivity contribution in [2.45, 2.75) is 46.0 Å². The van der Waals surface area contributed by atoms with E-state index in [0.717, 1.165) is 12.2 Å². The summed E-state index contributed by atoms with van der Waals surface area (Å²) in [5.41, 5.74) is 1.28. The maximum Gasteiger partial charge on any atom is 0.119 e. The minimum absolute atomic E-state index is 0.647. The van der Waals surface area contributed by atoms with Crippen molar-refractivity contribution >= 4 is 11.3 Å². The van der Waals surface area contributed by atoms with Crippen LogP contribution in [0, 0.1) is 0 Å². The zero-order valence-electron chi connectivity index (χ0n) is 13.7. The van der Waals surface area contributed by atoms with Crippen LogP contribution in [0.3, 0.4) is 0 Å². The average Bonchev–Trinajstić information content (AvgIpc) is 3.01. The fourth-order valence-corrected chi connectivity index (χ4v) is 3.37. The molecule has 0 atom stereocenters. The summed E-state index contributed by atoms with van der Waals surface area (Å²) >= 11 is 1.91. The lowest BCUT2D eigenvalue weighted by molar-refractivity contribution is 0.362. The van der Waals surface area contributed by atoms with Crippen molar-refractivity contribution in [2.75, 3.05) is 6.61 Å². The average molecular weight is 314 g/mol. The predicted octanol–water partition coefficient (Wildman–Crippen LogP) is 6.49. The quantitative estimate of drug-likeness (QED) is 0.379. The molecule has 118 valence electrons. The molecule has 0 N–H and O–H groups in total. The number of allylic oxidation sites excluding steroid dienone is 1. The molecule has 0 aliphatic rings. The highest BCUT2D eigenvalue weighted by molar-refractivity contribution is 7.15. The molecule has 0 amide bonds. The van der Waals surface area contributed by atoms with Gasteiger partial charge in [0, 0.05) is 9.75 Å². The van der Waals surface area contributed by atoms with Crippen LogP contribution >= 0.6 is 11.3 Å². The van der Waals surface area contributed by atoms with Gasteiger partial charge < -0.3 is 4.74 Å². The second-order valence-corrected chi connectivity index (χ2v) is 6.61. The first-order valence-electron chi connectivity index (χ1n) is 8.30. The molecule has 1 nitrogen and oxygen atoms in total. The van der Waals surface area contributed by atoms with Gasteiger partial charge in [-0.2, -0.15) is 0 Å². The first-order chi connectivity index (χ1) is 10.8. The molecule has 1 aromatic carbocycles. The van der Waals surface area contributed by atoms with Gasteiger partial charge in [0.15, 0.2) is 0 Å². The second kappa shape index (κ2) is 9.47. The molecule has 0 aliphatic carbocycles. The number of hydrogen-bond acceptors (Lipinski definition) is 2. The van der Waals surface area contributed by atoms with E-state index in [1.807, 2.05) is 11.3 Å². The van der Waals surface area contributed by atoms with Crippen LogP contribution < -0.4 is 4.74 Å². The largest absolute Gasteiger partial charge is 0.490 e. The summed E-state index contributed by atoms with van der Waals surface area (Å²) in [6.07, 6.45) is 10.4. The molecular formula is C20H26OS. The smallest absolute Gasteiger partial charge is 0.119 e. The molecule has 0 unspecified atom stereocenters. The Bertz CT molecular complexity index is 566. The van der Waals surface area contributed by atoms with E-state index in [1.54, 1.807) is 0 Å². The molecule has 1 heterocycles. The Labute approximate surface area is 138 Å². The molecule has 0 aliphatic heterocycles. The molecule has 2 rings (SSSR count). The number of hydrogen-bond donors (Lipinski definition) is 0. The molecule has 1 aromatic heterocycles. The summed E-state index contributed by atoms with van der Waals surface area (Å²) in [6, 6.07) is 12.9. The van der Waals surface area contributed by atoms with E-state index in [1.165, 1.54) is 41.0 Å². The van der Waals surface area contributed by atoms with Gasteiger partial charge in [0.1, 0.15) is 12.4 Å². The monoisotopic (exact) mass is 314 g/mol. The first-order valence-corrected chi connectivity index (χ1v) is 9.12. The molecule has 0 radical (unpaired) electrons. The minimum Gasteiger partial charge on any atom is -0.490 e. The highest BCUT2D eigenvalue weighted by Gasteiger charge is 2.03. The van der Waals surface area contributed by atoms with Crippen molar-refractivity contribution < 1.29 is 4.74 Å². The van der Waals surface area contributed by atoms with Gasteiger partial charge >= 0.3 is 0 Å². The maximum absolute atomic E-state index is 5.69. The number of unbranched alkanes of at least 4 members (excludes halogenated alkanes) is 2. The SMILES string of the molecule is CC/C=C/COc1ccc(-c2ccc(CCCCC)s2)cc1. The normalized spacial score (nSPS) is 11.2. The van der Waals surface area contributed by atoms with E-state index in [4.69, 9.17) is 4.74 Å². The van der Waals surface area contributed by atoms with Crippen LogP contribution in [0.2, 0.25) is 0 Å². The van der Waals surface area contributed by atoms with E-state index in [-0.39, 0.29) is 0 Å². The van der Waals surface area contributed by atoms with E-state index in [0.29, 0.717) is 6.61 Å². The van der Waals surface area contributed by atoms with Crippen molar-refractivity contribution in [3.05, 3.63) is 53.4 Å². The Balaban J connectivity index is 1.91. The third-order valence-corrected chi connectivity index (χ3v) is 4.77.